The first kappa shape index (κ1) is 32.7. The molecule has 6 rings (SSSR count). The van der Waals surface area contributed by atoms with Crippen molar-refractivity contribution in [1.82, 2.24) is 15.1 Å². The number of allylic oxidation sites excluding steroid dienone is 2. The van der Waals surface area contributed by atoms with Crippen LogP contribution in [-0.4, -0.2) is 71.7 Å². The van der Waals surface area contributed by atoms with Crippen LogP contribution >= 0.6 is 23.2 Å². The Balaban J connectivity index is 1.21. The summed E-state index contributed by atoms with van der Waals surface area (Å²) in [4.78, 5) is 80.6. The lowest BCUT2D eigenvalue weighted by Gasteiger charge is -2.31. The van der Waals surface area contributed by atoms with Crippen molar-refractivity contribution >= 4 is 58.8 Å². The smallest absolute Gasteiger partial charge is 0.336 e. The number of rotatable bonds is 9. The first-order chi connectivity index (χ1) is 23.0. The van der Waals surface area contributed by atoms with E-state index in [9.17, 15) is 28.8 Å². The second kappa shape index (κ2) is 13.1. The summed E-state index contributed by atoms with van der Waals surface area (Å²) in [5, 5.41) is 3.31. The van der Waals surface area contributed by atoms with Crippen molar-refractivity contribution in [3.63, 3.8) is 0 Å². The van der Waals surface area contributed by atoms with Gasteiger partial charge in [-0.15, -0.1) is 0 Å². The molecular weight excluding hydrogens is 661 g/mol. The highest BCUT2D eigenvalue weighted by molar-refractivity contribution is 6.42. The molecule has 48 heavy (non-hydrogen) atoms. The minimum absolute atomic E-state index is 0.0272. The number of amides is 4. The number of nitrogens with zero attached hydrogens (tertiary/aromatic N) is 2. The molecule has 3 aliphatic heterocycles. The van der Waals surface area contributed by atoms with Crippen molar-refractivity contribution < 1.29 is 38.2 Å². The molecule has 0 aromatic heterocycles. The van der Waals surface area contributed by atoms with Crippen molar-refractivity contribution in [2.45, 2.75) is 19.8 Å². The van der Waals surface area contributed by atoms with E-state index < -0.39 is 41.5 Å². The number of dihydropyridines is 1. The summed E-state index contributed by atoms with van der Waals surface area (Å²) in [6, 6.07) is 17.6. The largest absolute Gasteiger partial charge is 0.460 e. The van der Waals surface area contributed by atoms with Crippen LogP contribution in [0.4, 0.5) is 0 Å². The van der Waals surface area contributed by atoms with Crippen molar-refractivity contribution in [3.05, 3.63) is 127 Å². The molecule has 3 aliphatic rings. The molecule has 0 aliphatic carbocycles. The van der Waals surface area contributed by atoms with Gasteiger partial charge < -0.3 is 14.8 Å². The van der Waals surface area contributed by atoms with Crippen molar-refractivity contribution in [2.24, 2.45) is 0 Å². The molecule has 0 saturated heterocycles. The Labute approximate surface area is 284 Å². The zero-order valence-corrected chi connectivity index (χ0v) is 27.2. The van der Waals surface area contributed by atoms with E-state index in [1.165, 1.54) is 0 Å². The molecule has 0 bridgehead atoms. The second-order valence-corrected chi connectivity index (χ2v) is 12.0. The topological polar surface area (TPSA) is 139 Å². The standard InChI is InChI=1S/C35H27Cl2N3O8/c1-18-26(34(45)47-16-14-39-30(41)20-8-3-4-9-21(20)31(39)42)28(24-12-7-13-25(36)29(24)37)27(19(2)38-18)35(46)48-17-15-40-32(43)22-10-5-6-11-23(22)33(40)44/h3-13,28,38H,14-17H2,1-2H3. The van der Waals surface area contributed by atoms with Gasteiger partial charge in [-0.25, -0.2) is 9.59 Å². The number of esters is 2. The fourth-order valence-electron chi connectivity index (χ4n) is 6.09. The molecule has 13 heteroatoms. The van der Waals surface area contributed by atoms with Gasteiger partial charge in [0, 0.05) is 11.4 Å². The van der Waals surface area contributed by atoms with Gasteiger partial charge in [0.25, 0.3) is 23.6 Å². The van der Waals surface area contributed by atoms with E-state index in [1.807, 2.05) is 0 Å². The average Bonchev–Trinajstić information content (AvgIpc) is 3.46. The molecule has 0 fully saturated rings. The number of carbonyl (C=O) groups is 6. The van der Waals surface area contributed by atoms with Crippen LogP contribution < -0.4 is 5.32 Å². The van der Waals surface area contributed by atoms with Gasteiger partial charge in [-0.1, -0.05) is 59.6 Å². The van der Waals surface area contributed by atoms with E-state index in [0.717, 1.165) is 9.80 Å². The summed E-state index contributed by atoms with van der Waals surface area (Å²) in [7, 11) is 0. The monoisotopic (exact) mass is 687 g/mol. The molecule has 0 spiro atoms. The molecule has 244 valence electrons. The lowest BCUT2D eigenvalue weighted by Crippen LogP contribution is -2.36. The van der Waals surface area contributed by atoms with Gasteiger partial charge in [-0.3, -0.25) is 29.0 Å². The van der Waals surface area contributed by atoms with Crippen LogP contribution in [0.2, 0.25) is 10.0 Å². The molecule has 0 radical (unpaired) electrons. The molecule has 1 N–H and O–H groups in total. The highest BCUT2D eigenvalue weighted by atomic mass is 35.5. The Hall–Kier alpha value is -5.26. The quantitative estimate of drug-likeness (QED) is 0.246. The number of hydrogen-bond donors (Lipinski definition) is 1. The Morgan fingerprint density at radius 2 is 1.04 bits per heavy atom. The van der Waals surface area contributed by atoms with E-state index in [2.05, 4.69) is 5.32 Å². The number of nitrogens with one attached hydrogen (secondary N) is 1. The van der Waals surface area contributed by atoms with E-state index >= 15 is 0 Å². The van der Waals surface area contributed by atoms with Crippen LogP contribution in [0.15, 0.2) is 89.3 Å². The SMILES string of the molecule is CC1=C(C(=O)OCCN2C(=O)c3ccccc3C2=O)C(c2cccc(Cl)c2Cl)C(C(=O)OCCN2C(=O)c3ccccc3C2=O)=C(C)N1. The van der Waals surface area contributed by atoms with E-state index in [-0.39, 0.29) is 69.7 Å². The molecular formula is C35H27Cl2N3O8. The predicted molar refractivity (Wildman–Crippen MR) is 173 cm³/mol. The summed E-state index contributed by atoms with van der Waals surface area (Å²) in [5.74, 6) is -4.73. The van der Waals surface area contributed by atoms with Crippen LogP contribution in [0.1, 0.15) is 66.8 Å². The number of fused-ring (bicyclic) bond motifs is 2. The minimum atomic E-state index is -1.10. The number of imide groups is 2. The molecule has 0 saturated carbocycles. The van der Waals surface area contributed by atoms with Gasteiger partial charge in [0.15, 0.2) is 0 Å². The minimum Gasteiger partial charge on any atom is -0.460 e. The molecule has 0 atom stereocenters. The summed E-state index contributed by atoms with van der Waals surface area (Å²) in [6.45, 7) is 2.23. The number of carbonyl (C=O) groups excluding carboxylic acids is 6. The Bertz CT molecular complexity index is 1820. The Kier molecular flexibility index (Phi) is 8.91. The van der Waals surface area contributed by atoms with E-state index in [0.29, 0.717) is 17.0 Å². The first-order valence-electron chi connectivity index (χ1n) is 14.9. The second-order valence-electron chi connectivity index (χ2n) is 11.2. The van der Waals surface area contributed by atoms with E-state index in [4.69, 9.17) is 32.7 Å². The van der Waals surface area contributed by atoms with Crippen LogP contribution in [0.5, 0.6) is 0 Å². The normalized spacial score (nSPS) is 16.0. The van der Waals surface area contributed by atoms with Crippen LogP contribution in [0, 0.1) is 0 Å². The van der Waals surface area contributed by atoms with Crippen molar-refractivity contribution in [1.29, 1.82) is 0 Å². The van der Waals surface area contributed by atoms with E-state index in [1.54, 1.807) is 80.6 Å². The third kappa shape index (κ3) is 5.65. The van der Waals surface area contributed by atoms with Crippen molar-refractivity contribution in [2.75, 3.05) is 26.3 Å². The highest BCUT2D eigenvalue weighted by Gasteiger charge is 2.41. The zero-order chi connectivity index (χ0) is 34.3. The first-order valence-corrected chi connectivity index (χ1v) is 15.6. The molecule has 4 amide bonds. The maximum absolute atomic E-state index is 13.7. The van der Waals surface area contributed by atoms with Crippen LogP contribution in [-0.2, 0) is 19.1 Å². The molecule has 3 aromatic carbocycles. The molecule has 3 heterocycles. The number of benzene rings is 3. The summed E-state index contributed by atoms with van der Waals surface area (Å²) in [6.07, 6.45) is 0. The summed E-state index contributed by atoms with van der Waals surface area (Å²) >= 11 is 13.0. The lowest BCUT2D eigenvalue weighted by molar-refractivity contribution is -0.140. The van der Waals surface area contributed by atoms with Gasteiger partial charge in [-0.05, 0) is 49.7 Å². The van der Waals surface area contributed by atoms with Gasteiger partial charge in [-0.2, -0.15) is 0 Å². The average molecular weight is 689 g/mol. The third-order valence-corrected chi connectivity index (χ3v) is 9.18. The highest BCUT2D eigenvalue weighted by Crippen LogP contribution is 2.43. The summed E-state index contributed by atoms with van der Waals surface area (Å²) in [5.41, 5.74) is 2.18. The lowest BCUT2D eigenvalue weighted by atomic mass is 9.80. The Morgan fingerprint density at radius 3 is 1.44 bits per heavy atom. The fraction of sp³-hybridized carbons (Fsp3) is 0.200. The van der Waals surface area contributed by atoms with Crippen molar-refractivity contribution in [3.8, 4) is 0 Å². The van der Waals surface area contributed by atoms with Gasteiger partial charge >= 0.3 is 11.9 Å². The molecule has 3 aromatic rings. The zero-order valence-electron chi connectivity index (χ0n) is 25.7. The summed E-state index contributed by atoms with van der Waals surface area (Å²) < 4.78 is 11.2. The predicted octanol–water partition coefficient (Wildman–Crippen LogP) is 4.91. The third-order valence-electron chi connectivity index (χ3n) is 8.35. The Morgan fingerprint density at radius 1 is 0.646 bits per heavy atom. The number of hydrogen-bond acceptors (Lipinski definition) is 9. The van der Waals surface area contributed by atoms with Crippen LogP contribution in [0.25, 0.3) is 0 Å². The van der Waals surface area contributed by atoms with Crippen LogP contribution in [0.3, 0.4) is 0 Å². The maximum atomic E-state index is 13.7. The molecule has 0 unspecified atom stereocenters. The number of halogens is 2. The number of ether oxygens (including phenoxy) is 2. The van der Waals surface area contributed by atoms with Gasteiger partial charge in [0.05, 0.1) is 62.5 Å². The maximum Gasteiger partial charge on any atom is 0.336 e. The molecule has 11 nitrogen and oxygen atoms in total. The van der Waals surface area contributed by atoms with Gasteiger partial charge in [0.1, 0.15) is 13.2 Å². The van der Waals surface area contributed by atoms with Gasteiger partial charge in [0.2, 0.25) is 0 Å². The fourth-order valence-corrected chi connectivity index (χ4v) is 6.51.